The monoisotopic (exact) mass is 258 g/mol. The second-order valence-electron chi connectivity index (χ2n) is 4.83. The number of rotatable bonds is 3. The third kappa shape index (κ3) is 1.85. The van der Waals surface area contributed by atoms with Crippen molar-refractivity contribution in [2.45, 2.75) is 18.9 Å². The average Bonchev–Trinajstić information content (AvgIpc) is 2.89. The Balaban J connectivity index is 2.28. The molecule has 0 saturated carbocycles. The maximum Gasteiger partial charge on any atom is 0.161 e. The van der Waals surface area contributed by atoms with Crippen molar-refractivity contribution in [3.63, 3.8) is 0 Å². The minimum Gasteiger partial charge on any atom is -0.493 e. The van der Waals surface area contributed by atoms with E-state index in [9.17, 15) is 0 Å². The van der Waals surface area contributed by atoms with Gasteiger partial charge in [-0.1, -0.05) is 12.1 Å². The molecule has 0 saturated heterocycles. The quantitative estimate of drug-likeness (QED) is 0.843. The molecule has 1 aliphatic rings. The van der Waals surface area contributed by atoms with Crippen molar-refractivity contribution in [3.05, 3.63) is 35.4 Å². The summed E-state index contributed by atoms with van der Waals surface area (Å²) in [6, 6.07) is 8.43. The summed E-state index contributed by atoms with van der Waals surface area (Å²) < 4.78 is 16.4. The Labute approximate surface area is 113 Å². The lowest BCUT2D eigenvalue weighted by Gasteiger charge is -2.15. The van der Waals surface area contributed by atoms with Crippen molar-refractivity contribution in [2.24, 2.45) is 0 Å². The van der Waals surface area contributed by atoms with Crippen LogP contribution in [-0.2, 0) is 11.2 Å². The smallest absolute Gasteiger partial charge is 0.161 e. The Kier molecular flexibility index (Phi) is 3.07. The van der Waals surface area contributed by atoms with Gasteiger partial charge in [0.25, 0.3) is 0 Å². The van der Waals surface area contributed by atoms with Gasteiger partial charge in [0.15, 0.2) is 11.5 Å². The summed E-state index contributed by atoms with van der Waals surface area (Å²) in [4.78, 5) is 0. The van der Waals surface area contributed by atoms with Crippen LogP contribution in [0.5, 0.6) is 11.5 Å². The molecule has 2 aromatic carbocycles. The zero-order valence-electron chi connectivity index (χ0n) is 11.5. The Hall–Kier alpha value is -1.74. The van der Waals surface area contributed by atoms with Crippen LogP contribution in [0.3, 0.4) is 0 Å². The van der Waals surface area contributed by atoms with E-state index in [0.717, 1.165) is 24.3 Å². The summed E-state index contributed by atoms with van der Waals surface area (Å²) in [5.74, 6) is 1.53. The van der Waals surface area contributed by atoms with Gasteiger partial charge in [0.1, 0.15) is 0 Å². The summed E-state index contributed by atoms with van der Waals surface area (Å²) in [6.07, 6.45) is 2.33. The molecule has 0 spiro atoms. The summed E-state index contributed by atoms with van der Waals surface area (Å²) >= 11 is 0. The zero-order valence-corrected chi connectivity index (χ0v) is 11.5. The van der Waals surface area contributed by atoms with Gasteiger partial charge in [-0.2, -0.15) is 0 Å². The van der Waals surface area contributed by atoms with Crippen molar-refractivity contribution in [3.8, 4) is 11.5 Å². The highest BCUT2D eigenvalue weighted by Gasteiger charge is 2.25. The van der Waals surface area contributed by atoms with Gasteiger partial charge >= 0.3 is 0 Å². The molecule has 0 heterocycles. The Morgan fingerprint density at radius 3 is 2.42 bits per heavy atom. The molecule has 1 aliphatic carbocycles. The first-order valence-corrected chi connectivity index (χ1v) is 6.48. The van der Waals surface area contributed by atoms with Crippen LogP contribution in [0.1, 0.15) is 23.7 Å². The average molecular weight is 258 g/mol. The van der Waals surface area contributed by atoms with E-state index in [0.29, 0.717) is 0 Å². The van der Waals surface area contributed by atoms with Gasteiger partial charge in [-0.15, -0.1) is 0 Å². The first-order chi connectivity index (χ1) is 9.28. The lowest BCUT2D eigenvalue weighted by atomic mass is 9.99. The van der Waals surface area contributed by atoms with Gasteiger partial charge < -0.3 is 14.2 Å². The van der Waals surface area contributed by atoms with Crippen LogP contribution in [0, 0.1) is 0 Å². The fourth-order valence-electron chi connectivity index (χ4n) is 2.98. The zero-order chi connectivity index (χ0) is 13.4. The minimum absolute atomic E-state index is 0.191. The van der Waals surface area contributed by atoms with E-state index in [4.69, 9.17) is 14.2 Å². The molecule has 0 aromatic heterocycles. The number of fused-ring (bicyclic) bond motifs is 3. The van der Waals surface area contributed by atoms with Crippen molar-refractivity contribution in [1.29, 1.82) is 0 Å². The van der Waals surface area contributed by atoms with E-state index in [2.05, 4.69) is 18.2 Å². The van der Waals surface area contributed by atoms with E-state index >= 15 is 0 Å². The molecule has 3 heteroatoms. The van der Waals surface area contributed by atoms with E-state index < -0.39 is 0 Å². The largest absolute Gasteiger partial charge is 0.493 e. The third-order valence-electron chi connectivity index (χ3n) is 3.94. The maximum absolute atomic E-state index is 5.60. The fourth-order valence-corrected chi connectivity index (χ4v) is 2.98. The Morgan fingerprint density at radius 1 is 1.00 bits per heavy atom. The first kappa shape index (κ1) is 12.3. The number of hydrogen-bond acceptors (Lipinski definition) is 3. The van der Waals surface area contributed by atoms with Crippen molar-refractivity contribution in [2.75, 3.05) is 21.3 Å². The van der Waals surface area contributed by atoms with Gasteiger partial charge in [0.05, 0.1) is 20.3 Å². The number of aryl methyl sites for hydroxylation is 1. The molecular weight excluding hydrogens is 240 g/mol. The molecule has 0 aliphatic heterocycles. The van der Waals surface area contributed by atoms with Crippen LogP contribution in [0.2, 0.25) is 0 Å². The molecule has 0 fully saturated rings. The van der Waals surface area contributed by atoms with Gasteiger partial charge in [-0.3, -0.25) is 0 Å². The standard InChI is InChI=1S/C16H18O3/c1-17-13-7-6-10-4-5-11-8-14(18-2)15(19-3)9-12(11)16(10)13/h4-5,8-9,13H,6-7H2,1-3H3. The van der Waals surface area contributed by atoms with Crippen LogP contribution in [-0.4, -0.2) is 21.3 Å². The van der Waals surface area contributed by atoms with Crippen LogP contribution in [0.25, 0.3) is 10.8 Å². The number of ether oxygens (including phenoxy) is 3. The molecule has 1 atom stereocenters. The molecule has 3 rings (SSSR count). The van der Waals surface area contributed by atoms with Gasteiger partial charge in [-0.25, -0.2) is 0 Å². The van der Waals surface area contributed by atoms with Gasteiger partial charge in [0.2, 0.25) is 0 Å². The summed E-state index contributed by atoms with van der Waals surface area (Å²) in [5, 5.41) is 2.37. The highest BCUT2D eigenvalue weighted by atomic mass is 16.5. The number of hydrogen-bond donors (Lipinski definition) is 0. The predicted octanol–water partition coefficient (Wildman–Crippen LogP) is 3.49. The van der Waals surface area contributed by atoms with Crippen LogP contribution in [0.15, 0.2) is 24.3 Å². The molecule has 2 aromatic rings. The topological polar surface area (TPSA) is 27.7 Å². The maximum atomic E-state index is 5.60. The van der Waals surface area contributed by atoms with Crippen LogP contribution >= 0.6 is 0 Å². The molecule has 100 valence electrons. The molecule has 0 N–H and O–H groups in total. The fraction of sp³-hybridized carbons (Fsp3) is 0.375. The Bertz CT molecular complexity index is 619. The second-order valence-corrected chi connectivity index (χ2v) is 4.83. The molecule has 19 heavy (non-hydrogen) atoms. The van der Waals surface area contributed by atoms with Gasteiger partial charge in [-0.05, 0) is 46.9 Å². The van der Waals surface area contributed by atoms with E-state index in [1.807, 2.05) is 6.07 Å². The van der Waals surface area contributed by atoms with Crippen LogP contribution in [0.4, 0.5) is 0 Å². The second kappa shape index (κ2) is 4.74. The molecular formula is C16H18O3. The predicted molar refractivity (Wildman–Crippen MR) is 75.1 cm³/mol. The SMILES string of the molecule is COc1cc2ccc3c(c2cc1OC)C(OC)CC3. The Morgan fingerprint density at radius 2 is 1.74 bits per heavy atom. The van der Waals surface area contributed by atoms with Crippen molar-refractivity contribution in [1.82, 2.24) is 0 Å². The van der Waals surface area contributed by atoms with Gasteiger partial charge in [0, 0.05) is 7.11 Å². The summed E-state index contributed by atoms with van der Waals surface area (Å²) in [7, 11) is 5.11. The summed E-state index contributed by atoms with van der Waals surface area (Å²) in [6.45, 7) is 0. The molecule has 0 radical (unpaired) electrons. The molecule has 3 nitrogen and oxygen atoms in total. The number of benzene rings is 2. The molecule has 1 unspecified atom stereocenters. The molecule has 0 amide bonds. The van der Waals surface area contributed by atoms with Crippen molar-refractivity contribution < 1.29 is 14.2 Å². The minimum atomic E-state index is 0.191. The summed E-state index contributed by atoms with van der Waals surface area (Å²) in [5.41, 5.74) is 2.69. The lowest BCUT2D eigenvalue weighted by Crippen LogP contribution is -1.98. The normalized spacial score (nSPS) is 17.5. The van der Waals surface area contributed by atoms with E-state index in [-0.39, 0.29) is 6.10 Å². The first-order valence-electron chi connectivity index (χ1n) is 6.48. The highest BCUT2D eigenvalue weighted by molar-refractivity contribution is 5.90. The van der Waals surface area contributed by atoms with E-state index in [1.54, 1.807) is 21.3 Å². The molecule has 0 bridgehead atoms. The third-order valence-corrected chi connectivity index (χ3v) is 3.94. The highest BCUT2D eigenvalue weighted by Crippen LogP contribution is 2.42. The van der Waals surface area contributed by atoms with E-state index in [1.165, 1.54) is 21.9 Å². The number of methoxy groups -OCH3 is 3. The van der Waals surface area contributed by atoms with Crippen molar-refractivity contribution >= 4 is 10.8 Å². The lowest BCUT2D eigenvalue weighted by molar-refractivity contribution is 0.106. The van der Waals surface area contributed by atoms with Crippen LogP contribution < -0.4 is 9.47 Å².